The van der Waals surface area contributed by atoms with Crippen molar-refractivity contribution in [2.75, 3.05) is 10.6 Å². The number of primary amides is 1. The third-order valence-electron chi connectivity index (χ3n) is 3.15. The molecule has 0 aromatic heterocycles. The molecule has 0 radical (unpaired) electrons. The Kier molecular flexibility index (Phi) is 6.43. The molecule has 0 heterocycles. The highest BCUT2D eigenvalue weighted by molar-refractivity contribution is 6.35. The summed E-state index contributed by atoms with van der Waals surface area (Å²) in [5, 5.41) is 5.62. The molecule has 1 atom stereocenters. The molecule has 0 aliphatic rings. The second kappa shape index (κ2) is 8.55. The number of rotatable bonds is 5. The molecule has 7 nitrogen and oxygen atoms in total. The number of nitrogens with one attached hydrogen (secondary N) is 2. The molecule has 0 bridgehead atoms. The summed E-state index contributed by atoms with van der Waals surface area (Å²) in [6.07, 6.45) is -1.08. The first-order valence-corrected chi connectivity index (χ1v) is 8.14. The molecule has 136 valence electrons. The number of nitrogens with two attached hydrogens (primary N) is 1. The number of ether oxygens (including phenoxy) is 1. The van der Waals surface area contributed by atoms with E-state index < -0.39 is 24.0 Å². The van der Waals surface area contributed by atoms with Crippen LogP contribution >= 0.6 is 23.2 Å². The van der Waals surface area contributed by atoms with Crippen LogP contribution in [0.3, 0.4) is 0 Å². The smallest absolute Gasteiger partial charge is 0.338 e. The maximum Gasteiger partial charge on any atom is 0.338 e. The van der Waals surface area contributed by atoms with Crippen molar-refractivity contribution in [1.29, 1.82) is 0 Å². The summed E-state index contributed by atoms with van der Waals surface area (Å²) in [7, 11) is 0. The van der Waals surface area contributed by atoms with E-state index in [9.17, 15) is 14.4 Å². The molecule has 0 aliphatic heterocycles. The number of hydrogen-bond donors (Lipinski definition) is 3. The van der Waals surface area contributed by atoms with Gasteiger partial charge in [0.05, 0.1) is 5.56 Å². The Bertz CT molecular complexity index is 837. The van der Waals surface area contributed by atoms with Crippen molar-refractivity contribution in [2.45, 2.75) is 13.0 Å². The summed E-state index contributed by atoms with van der Waals surface area (Å²) in [5.41, 5.74) is 5.89. The van der Waals surface area contributed by atoms with Gasteiger partial charge in [-0.1, -0.05) is 29.3 Å². The van der Waals surface area contributed by atoms with Crippen LogP contribution in [0.2, 0.25) is 10.0 Å². The van der Waals surface area contributed by atoms with Crippen LogP contribution in [-0.4, -0.2) is 24.0 Å². The monoisotopic (exact) mass is 395 g/mol. The summed E-state index contributed by atoms with van der Waals surface area (Å²) < 4.78 is 5.13. The van der Waals surface area contributed by atoms with Gasteiger partial charge in [0, 0.05) is 21.4 Å². The summed E-state index contributed by atoms with van der Waals surface area (Å²) in [6.45, 7) is 1.42. The Morgan fingerprint density at radius 1 is 1.00 bits per heavy atom. The van der Waals surface area contributed by atoms with Crippen LogP contribution in [0.25, 0.3) is 0 Å². The fourth-order valence-corrected chi connectivity index (χ4v) is 2.54. The van der Waals surface area contributed by atoms with Crippen LogP contribution in [-0.2, 0) is 9.53 Å². The standard InChI is InChI=1S/C17H15Cl2N3O4/c1-9(15(23)21-14-7-11(18)6-12(19)8-14)26-16(24)10-3-2-4-13(5-10)22-17(20)25/h2-9H,1H3,(H,21,23)(H3,20,22,25)/t9-/m1/s1. The highest BCUT2D eigenvalue weighted by Gasteiger charge is 2.19. The fourth-order valence-electron chi connectivity index (χ4n) is 2.02. The van der Waals surface area contributed by atoms with E-state index in [1.807, 2.05) is 0 Å². The van der Waals surface area contributed by atoms with E-state index in [4.69, 9.17) is 33.7 Å². The molecule has 0 aliphatic carbocycles. The number of halogens is 2. The lowest BCUT2D eigenvalue weighted by Crippen LogP contribution is -2.30. The molecule has 0 fully saturated rings. The summed E-state index contributed by atoms with van der Waals surface area (Å²) in [5.74, 6) is -1.28. The minimum Gasteiger partial charge on any atom is -0.449 e. The number of amides is 3. The normalized spacial score (nSPS) is 11.3. The predicted octanol–water partition coefficient (Wildman–Crippen LogP) is 3.67. The Morgan fingerprint density at radius 3 is 2.27 bits per heavy atom. The Labute approximate surface area is 159 Å². The average molecular weight is 396 g/mol. The molecule has 0 spiro atoms. The molecular weight excluding hydrogens is 381 g/mol. The molecule has 26 heavy (non-hydrogen) atoms. The van der Waals surface area contributed by atoms with Gasteiger partial charge in [-0.15, -0.1) is 0 Å². The van der Waals surface area contributed by atoms with Crippen LogP contribution < -0.4 is 16.4 Å². The summed E-state index contributed by atoms with van der Waals surface area (Å²) >= 11 is 11.7. The van der Waals surface area contributed by atoms with Gasteiger partial charge >= 0.3 is 12.0 Å². The lowest BCUT2D eigenvalue weighted by Gasteiger charge is -2.14. The topological polar surface area (TPSA) is 111 Å². The largest absolute Gasteiger partial charge is 0.449 e. The molecule has 2 aromatic carbocycles. The zero-order valence-corrected chi connectivity index (χ0v) is 15.1. The van der Waals surface area contributed by atoms with Gasteiger partial charge in [-0.05, 0) is 43.3 Å². The third kappa shape index (κ3) is 5.65. The Hall–Kier alpha value is -2.77. The molecule has 9 heteroatoms. The van der Waals surface area contributed by atoms with Crippen molar-refractivity contribution in [1.82, 2.24) is 0 Å². The van der Waals surface area contributed by atoms with Crippen molar-refractivity contribution >= 4 is 52.5 Å². The van der Waals surface area contributed by atoms with E-state index in [1.54, 1.807) is 12.1 Å². The maximum absolute atomic E-state index is 12.2. The van der Waals surface area contributed by atoms with E-state index in [1.165, 1.54) is 37.3 Å². The van der Waals surface area contributed by atoms with Gasteiger partial charge in [0.1, 0.15) is 0 Å². The van der Waals surface area contributed by atoms with Crippen LogP contribution in [0.4, 0.5) is 16.2 Å². The van der Waals surface area contributed by atoms with Gasteiger partial charge in [-0.2, -0.15) is 0 Å². The summed E-state index contributed by atoms with van der Waals surface area (Å²) in [6, 6.07) is 9.75. The van der Waals surface area contributed by atoms with Gasteiger partial charge in [-0.3, -0.25) is 4.79 Å². The van der Waals surface area contributed by atoms with E-state index >= 15 is 0 Å². The van der Waals surface area contributed by atoms with E-state index in [-0.39, 0.29) is 5.56 Å². The first kappa shape index (κ1) is 19.6. The van der Waals surface area contributed by atoms with Crippen LogP contribution in [0, 0.1) is 0 Å². The third-order valence-corrected chi connectivity index (χ3v) is 3.59. The lowest BCUT2D eigenvalue weighted by atomic mass is 10.2. The fraction of sp³-hybridized carbons (Fsp3) is 0.118. The number of benzene rings is 2. The molecule has 2 rings (SSSR count). The zero-order valence-electron chi connectivity index (χ0n) is 13.6. The highest BCUT2D eigenvalue weighted by atomic mass is 35.5. The molecule has 3 amide bonds. The van der Waals surface area contributed by atoms with E-state index in [2.05, 4.69) is 10.6 Å². The van der Waals surface area contributed by atoms with Crippen molar-refractivity contribution in [3.8, 4) is 0 Å². The van der Waals surface area contributed by atoms with Crippen molar-refractivity contribution in [2.24, 2.45) is 5.73 Å². The van der Waals surface area contributed by atoms with Gasteiger partial charge < -0.3 is 21.1 Å². The number of hydrogen-bond acceptors (Lipinski definition) is 4. The summed E-state index contributed by atoms with van der Waals surface area (Å²) in [4.78, 5) is 35.2. The molecule has 0 unspecified atom stereocenters. The second-order valence-electron chi connectivity index (χ2n) is 5.26. The minimum absolute atomic E-state index is 0.154. The van der Waals surface area contributed by atoms with Gasteiger partial charge in [-0.25, -0.2) is 9.59 Å². The second-order valence-corrected chi connectivity index (χ2v) is 6.14. The van der Waals surface area contributed by atoms with Crippen LogP contribution in [0.15, 0.2) is 42.5 Å². The quantitative estimate of drug-likeness (QED) is 0.670. The lowest BCUT2D eigenvalue weighted by molar-refractivity contribution is -0.123. The van der Waals surface area contributed by atoms with Crippen molar-refractivity contribution < 1.29 is 19.1 Å². The minimum atomic E-state index is -1.08. The van der Waals surface area contributed by atoms with Gasteiger partial charge in [0.25, 0.3) is 5.91 Å². The van der Waals surface area contributed by atoms with Crippen molar-refractivity contribution in [3.05, 3.63) is 58.1 Å². The first-order chi connectivity index (χ1) is 12.2. The molecular formula is C17H15Cl2N3O4. The van der Waals surface area contributed by atoms with Gasteiger partial charge in [0.15, 0.2) is 6.10 Å². The number of urea groups is 1. The molecule has 0 saturated heterocycles. The molecule has 0 saturated carbocycles. The number of esters is 1. The van der Waals surface area contributed by atoms with E-state index in [0.717, 1.165) is 0 Å². The Morgan fingerprint density at radius 2 is 1.65 bits per heavy atom. The zero-order chi connectivity index (χ0) is 19.3. The highest BCUT2D eigenvalue weighted by Crippen LogP contribution is 2.22. The number of carbonyl (C=O) groups is 3. The number of carbonyl (C=O) groups excluding carboxylic acids is 3. The average Bonchev–Trinajstić information content (AvgIpc) is 2.53. The van der Waals surface area contributed by atoms with E-state index in [0.29, 0.717) is 21.4 Å². The predicted molar refractivity (Wildman–Crippen MR) is 99.6 cm³/mol. The Balaban J connectivity index is 2.01. The van der Waals surface area contributed by atoms with Crippen LogP contribution in [0.1, 0.15) is 17.3 Å². The molecule has 4 N–H and O–H groups in total. The van der Waals surface area contributed by atoms with Gasteiger partial charge in [0.2, 0.25) is 0 Å². The van der Waals surface area contributed by atoms with Crippen LogP contribution in [0.5, 0.6) is 0 Å². The number of anilines is 2. The molecule has 2 aromatic rings. The first-order valence-electron chi connectivity index (χ1n) is 7.39. The maximum atomic E-state index is 12.2. The SMILES string of the molecule is C[C@@H](OC(=O)c1cccc(NC(N)=O)c1)C(=O)Nc1cc(Cl)cc(Cl)c1. The van der Waals surface area contributed by atoms with Crippen molar-refractivity contribution in [3.63, 3.8) is 0 Å².